The Labute approximate surface area is 113 Å². The van der Waals surface area contributed by atoms with Crippen LogP contribution in [-0.2, 0) is 0 Å². The summed E-state index contributed by atoms with van der Waals surface area (Å²) in [4.78, 5) is 0. The zero-order valence-corrected chi connectivity index (χ0v) is 11.9. The molecule has 2 aliphatic rings. The smallest absolute Gasteiger partial charge is 0.0616 e. The van der Waals surface area contributed by atoms with Crippen molar-refractivity contribution in [2.24, 2.45) is 17.8 Å². The first-order chi connectivity index (χ1) is 8.06. The summed E-state index contributed by atoms with van der Waals surface area (Å²) in [7, 11) is 0. The Bertz CT molecular complexity index is 442. The molecular weight excluding hydrogens is 251 g/mol. The summed E-state index contributed by atoms with van der Waals surface area (Å²) in [6, 6.07) is 4.23. The first-order valence-electron chi connectivity index (χ1n) is 6.47. The summed E-state index contributed by atoms with van der Waals surface area (Å²) in [5, 5.41) is 1.03. The summed E-state index contributed by atoms with van der Waals surface area (Å²) in [5.41, 5.74) is 3.67. The fraction of sp³-hybridized carbons (Fsp3) is 0.600. The molecular formula is C15H18Cl2. The van der Waals surface area contributed by atoms with Gasteiger partial charge in [-0.3, -0.25) is 0 Å². The second-order valence-corrected chi connectivity index (χ2v) is 6.72. The van der Waals surface area contributed by atoms with Crippen LogP contribution in [0.15, 0.2) is 12.1 Å². The van der Waals surface area contributed by atoms with E-state index < -0.39 is 0 Å². The Morgan fingerprint density at radius 1 is 1.06 bits per heavy atom. The predicted molar refractivity (Wildman–Crippen MR) is 73.8 cm³/mol. The van der Waals surface area contributed by atoms with Gasteiger partial charge in [0.2, 0.25) is 0 Å². The van der Waals surface area contributed by atoms with Crippen molar-refractivity contribution in [3.63, 3.8) is 0 Å². The molecule has 2 aliphatic carbocycles. The third-order valence-electron chi connectivity index (χ3n) is 4.54. The summed E-state index contributed by atoms with van der Waals surface area (Å²) in [6.45, 7) is 4.17. The molecule has 3 rings (SSSR count). The minimum Gasteiger partial charge on any atom is -0.118 e. The van der Waals surface area contributed by atoms with E-state index in [1.54, 1.807) is 0 Å². The lowest BCUT2D eigenvalue weighted by Crippen LogP contribution is -2.08. The number of aryl methyl sites for hydroxylation is 2. The molecule has 2 heteroatoms. The molecule has 0 N–H and O–H groups in total. The Hall–Kier alpha value is -0.200. The third kappa shape index (κ3) is 2.11. The van der Waals surface area contributed by atoms with Gasteiger partial charge in [0.25, 0.3) is 0 Å². The molecule has 1 aromatic rings. The van der Waals surface area contributed by atoms with Gasteiger partial charge < -0.3 is 0 Å². The van der Waals surface area contributed by atoms with Crippen molar-refractivity contribution in [2.75, 3.05) is 0 Å². The summed E-state index contributed by atoms with van der Waals surface area (Å²) in [5.74, 6) is 2.67. The summed E-state index contributed by atoms with van der Waals surface area (Å²) >= 11 is 12.8. The highest BCUT2D eigenvalue weighted by Gasteiger charge is 2.47. The molecule has 3 unspecified atom stereocenters. The average molecular weight is 269 g/mol. The van der Waals surface area contributed by atoms with Crippen LogP contribution in [0.4, 0.5) is 0 Å². The third-order valence-corrected chi connectivity index (χ3v) is 5.54. The standard InChI is InChI=1S/C15H18Cl2/c1-8-4-14(16)9(2)3-13(8)15(17)12-6-10-5-11(10)7-12/h3-4,10-12,15H,5-7H2,1-2H3. The van der Waals surface area contributed by atoms with Gasteiger partial charge in [-0.1, -0.05) is 17.7 Å². The van der Waals surface area contributed by atoms with E-state index in [-0.39, 0.29) is 5.38 Å². The van der Waals surface area contributed by atoms with Crippen molar-refractivity contribution in [1.82, 2.24) is 0 Å². The SMILES string of the molecule is Cc1cc(C(Cl)C2CC3CC3C2)c(C)cc1Cl. The molecule has 17 heavy (non-hydrogen) atoms. The quantitative estimate of drug-likeness (QED) is 0.640. The van der Waals surface area contributed by atoms with Crippen molar-refractivity contribution < 1.29 is 0 Å². The molecule has 3 atom stereocenters. The van der Waals surface area contributed by atoms with E-state index in [4.69, 9.17) is 23.2 Å². The first-order valence-corrected chi connectivity index (χ1v) is 7.28. The van der Waals surface area contributed by atoms with Gasteiger partial charge >= 0.3 is 0 Å². The average Bonchev–Trinajstić information content (AvgIpc) is 2.90. The minimum atomic E-state index is 0.179. The van der Waals surface area contributed by atoms with Crippen LogP contribution in [0, 0.1) is 31.6 Å². The molecule has 0 aliphatic heterocycles. The molecule has 0 amide bonds. The zero-order valence-electron chi connectivity index (χ0n) is 10.3. The molecule has 0 bridgehead atoms. The van der Waals surface area contributed by atoms with Crippen molar-refractivity contribution in [1.29, 1.82) is 0 Å². The number of halogens is 2. The van der Waals surface area contributed by atoms with Gasteiger partial charge in [0, 0.05) is 5.02 Å². The van der Waals surface area contributed by atoms with E-state index in [9.17, 15) is 0 Å². The number of hydrogen-bond donors (Lipinski definition) is 0. The van der Waals surface area contributed by atoms with Crippen LogP contribution < -0.4 is 0 Å². The van der Waals surface area contributed by atoms with Gasteiger partial charge in [0.05, 0.1) is 5.38 Å². The van der Waals surface area contributed by atoms with Crippen LogP contribution in [0.1, 0.15) is 41.3 Å². The van der Waals surface area contributed by atoms with E-state index in [1.807, 2.05) is 0 Å². The maximum Gasteiger partial charge on any atom is 0.0616 e. The number of rotatable bonds is 2. The number of fused-ring (bicyclic) bond motifs is 1. The van der Waals surface area contributed by atoms with E-state index in [1.165, 1.54) is 30.4 Å². The van der Waals surface area contributed by atoms with Crippen molar-refractivity contribution in [3.05, 3.63) is 33.8 Å². The molecule has 0 heterocycles. The van der Waals surface area contributed by atoms with E-state index in [0.717, 1.165) is 22.4 Å². The zero-order chi connectivity index (χ0) is 12.2. The van der Waals surface area contributed by atoms with Crippen LogP contribution >= 0.6 is 23.2 Å². The van der Waals surface area contributed by atoms with Gasteiger partial charge in [-0.25, -0.2) is 0 Å². The maximum absolute atomic E-state index is 6.68. The lowest BCUT2D eigenvalue weighted by atomic mass is 9.91. The van der Waals surface area contributed by atoms with Crippen molar-refractivity contribution in [2.45, 2.75) is 38.5 Å². The normalized spacial score (nSPS) is 32.4. The maximum atomic E-state index is 6.68. The highest BCUT2D eigenvalue weighted by molar-refractivity contribution is 6.31. The van der Waals surface area contributed by atoms with Gasteiger partial charge in [0.15, 0.2) is 0 Å². The summed E-state index contributed by atoms with van der Waals surface area (Å²) in [6.07, 6.45) is 4.12. The molecule has 92 valence electrons. The van der Waals surface area contributed by atoms with Crippen LogP contribution in [0.25, 0.3) is 0 Å². The lowest BCUT2D eigenvalue weighted by molar-refractivity contribution is 0.470. The van der Waals surface area contributed by atoms with E-state index >= 15 is 0 Å². The van der Waals surface area contributed by atoms with Gasteiger partial charge in [-0.15, -0.1) is 11.6 Å². The molecule has 0 radical (unpaired) electrons. The van der Waals surface area contributed by atoms with Crippen LogP contribution in [0.2, 0.25) is 5.02 Å². The Kier molecular flexibility index (Phi) is 2.91. The molecule has 0 aromatic heterocycles. The molecule has 2 fully saturated rings. The van der Waals surface area contributed by atoms with Crippen molar-refractivity contribution in [3.8, 4) is 0 Å². The Morgan fingerprint density at radius 2 is 1.71 bits per heavy atom. The van der Waals surface area contributed by atoms with Gasteiger partial charge in [-0.05, 0) is 73.6 Å². The Morgan fingerprint density at radius 3 is 2.35 bits per heavy atom. The van der Waals surface area contributed by atoms with Crippen LogP contribution in [-0.4, -0.2) is 0 Å². The topological polar surface area (TPSA) is 0 Å². The summed E-state index contributed by atoms with van der Waals surface area (Å²) < 4.78 is 0. The number of hydrogen-bond acceptors (Lipinski definition) is 0. The highest BCUT2D eigenvalue weighted by atomic mass is 35.5. The molecule has 2 saturated carbocycles. The molecule has 0 spiro atoms. The van der Waals surface area contributed by atoms with E-state index in [2.05, 4.69) is 26.0 Å². The van der Waals surface area contributed by atoms with Crippen molar-refractivity contribution >= 4 is 23.2 Å². The number of benzene rings is 1. The molecule has 1 aromatic carbocycles. The van der Waals surface area contributed by atoms with Gasteiger partial charge in [-0.2, -0.15) is 0 Å². The monoisotopic (exact) mass is 268 g/mol. The first kappa shape index (κ1) is 11.9. The van der Waals surface area contributed by atoms with Crippen LogP contribution in [0.3, 0.4) is 0 Å². The largest absolute Gasteiger partial charge is 0.118 e. The number of alkyl halides is 1. The van der Waals surface area contributed by atoms with Gasteiger partial charge in [0.1, 0.15) is 0 Å². The van der Waals surface area contributed by atoms with E-state index in [0.29, 0.717) is 5.92 Å². The molecule has 0 saturated heterocycles. The fourth-order valence-corrected chi connectivity index (χ4v) is 4.01. The molecule has 0 nitrogen and oxygen atoms in total. The second kappa shape index (κ2) is 4.17. The highest BCUT2D eigenvalue weighted by Crippen LogP contribution is 2.58. The van der Waals surface area contributed by atoms with Crippen LogP contribution in [0.5, 0.6) is 0 Å². The minimum absolute atomic E-state index is 0.179. The predicted octanol–water partition coefficient (Wildman–Crippen LogP) is 5.28. The Balaban J connectivity index is 1.85. The lowest BCUT2D eigenvalue weighted by Gasteiger charge is -2.21. The second-order valence-electron chi connectivity index (χ2n) is 5.85. The fourth-order valence-electron chi connectivity index (χ4n) is 3.35.